The summed E-state index contributed by atoms with van der Waals surface area (Å²) in [5, 5.41) is 0. The first-order valence-electron chi connectivity index (χ1n) is 6.78. The third-order valence-corrected chi connectivity index (χ3v) is 5.00. The Balaban J connectivity index is 2.12. The van der Waals surface area contributed by atoms with E-state index in [-0.39, 0.29) is 11.4 Å². The predicted octanol–water partition coefficient (Wildman–Crippen LogP) is 1.88. The maximum atomic E-state index is 12.4. The predicted molar refractivity (Wildman–Crippen MR) is 81.4 cm³/mol. The smallest absolute Gasteiger partial charge is 0.244 e. The van der Waals surface area contributed by atoms with Gasteiger partial charge in [0.25, 0.3) is 0 Å². The van der Waals surface area contributed by atoms with Crippen molar-refractivity contribution in [2.75, 3.05) is 6.54 Å². The van der Waals surface area contributed by atoms with Crippen LogP contribution in [0.4, 0.5) is 0 Å². The molecular formula is C15H20N2O3S. The molecule has 0 saturated heterocycles. The van der Waals surface area contributed by atoms with Gasteiger partial charge in [0, 0.05) is 18.7 Å². The summed E-state index contributed by atoms with van der Waals surface area (Å²) in [5.41, 5.74) is 7.25. The average Bonchev–Trinajstić information content (AvgIpc) is 2.74. The summed E-state index contributed by atoms with van der Waals surface area (Å²) in [7, 11) is -3.61. The van der Waals surface area contributed by atoms with Crippen LogP contribution in [0.2, 0.25) is 0 Å². The Bertz CT molecular complexity index is 706. The molecule has 0 atom stereocenters. The first kappa shape index (κ1) is 15.8. The van der Waals surface area contributed by atoms with Crippen LogP contribution in [0.25, 0.3) is 0 Å². The van der Waals surface area contributed by atoms with Crippen molar-refractivity contribution in [1.82, 2.24) is 4.72 Å². The lowest BCUT2D eigenvalue weighted by Crippen LogP contribution is -2.27. The summed E-state index contributed by atoms with van der Waals surface area (Å²) in [5.74, 6) is 0.929. The second-order valence-electron chi connectivity index (χ2n) is 4.86. The number of nitrogens with two attached hydrogens (primary N) is 1. The van der Waals surface area contributed by atoms with Gasteiger partial charge in [-0.2, -0.15) is 0 Å². The highest BCUT2D eigenvalue weighted by Crippen LogP contribution is 2.25. The second-order valence-corrected chi connectivity index (χ2v) is 6.56. The number of nitrogens with one attached hydrogen (secondary N) is 1. The molecule has 0 saturated carbocycles. The SMILES string of the molecule is Cc1oc(C)c(S(=O)(=O)NCCc2ccccc2)c1CN. The molecule has 0 spiro atoms. The molecule has 3 N–H and O–H groups in total. The highest BCUT2D eigenvalue weighted by molar-refractivity contribution is 7.89. The molecule has 0 aliphatic heterocycles. The Hall–Kier alpha value is -1.63. The van der Waals surface area contributed by atoms with Crippen LogP contribution in [-0.4, -0.2) is 15.0 Å². The number of sulfonamides is 1. The minimum Gasteiger partial charge on any atom is -0.465 e. The van der Waals surface area contributed by atoms with Gasteiger partial charge >= 0.3 is 0 Å². The fourth-order valence-corrected chi connectivity index (χ4v) is 3.83. The lowest BCUT2D eigenvalue weighted by Gasteiger charge is -2.08. The van der Waals surface area contributed by atoms with Gasteiger partial charge < -0.3 is 10.2 Å². The molecule has 6 heteroatoms. The van der Waals surface area contributed by atoms with E-state index in [0.29, 0.717) is 30.0 Å². The number of aryl methyl sites for hydroxylation is 2. The van der Waals surface area contributed by atoms with Gasteiger partial charge in [-0.1, -0.05) is 30.3 Å². The summed E-state index contributed by atoms with van der Waals surface area (Å²) in [6, 6.07) is 9.72. The summed E-state index contributed by atoms with van der Waals surface area (Å²) < 4.78 is 32.8. The molecule has 1 aromatic heterocycles. The minimum absolute atomic E-state index is 0.137. The van der Waals surface area contributed by atoms with E-state index in [4.69, 9.17) is 10.2 Å². The van der Waals surface area contributed by atoms with Gasteiger partial charge in [-0.15, -0.1) is 0 Å². The molecule has 0 aliphatic rings. The van der Waals surface area contributed by atoms with Crippen molar-refractivity contribution in [3.05, 3.63) is 53.0 Å². The van der Waals surface area contributed by atoms with E-state index in [1.165, 1.54) is 0 Å². The van der Waals surface area contributed by atoms with Gasteiger partial charge in [0.1, 0.15) is 16.4 Å². The molecule has 2 rings (SSSR count). The average molecular weight is 308 g/mol. The van der Waals surface area contributed by atoms with Gasteiger partial charge in [0.2, 0.25) is 10.0 Å². The molecule has 0 unspecified atom stereocenters. The number of benzene rings is 1. The van der Waals surface area contributed by atoms with E-state index in [2.05, 4.69) is 4.72 Å². The Labute approximate surface area is 125 Å². The fraction of sp³-hybridized carbons (Fsp3) is 0.333. The van der Waals surface area contributed by atoms with E-state index in [0.717, 1.165) is 5.56 Å². The molecule has 114 valence electrons. The lowest BCUT2D eigenvalue weighted by atomic mass is 10.2. The topological polar surface area (TPSA) is 85.3 Å². The summed E-state index contributed by atoms with van der Waals surface area (Å²) in [6.45, 7) is 3.83. The second kappa shape index (κ2) is 6.43. The van der Waals surface area contributed by atoms with Crippen molar-refractivity contribution in [2.45, 2.75) is 31.7 Å². The number of hydrogen-bond donors (Lipinski definition) is 2. The van der Waals surface area contributed by atoms with Crippen molar-refractivity contribution in [2.24, 2.45) is 5.73 Å². The first-order valence-corrected chi connectivity index (χ1v) is 8.26. The highest BCUT2D eigenvalue weighted by Gasteiger charge is 2.25. The zero-order valence-corrected chi connectivity index (χ0v) is 13.0. The zero-order valence-electron chi connectivity index (χ0n) is 12.2. The van der Waals surface area contributed by atoms with Crippen LogP contribution in [0.15, 0.2) is 39.6 Å². The maximum absolute atomic E-state index is 12.4. The molecule has 0 bridgehead atoms. The van der Waals surface area contributed by atoms with E-state index in [9.17, 15) is 8.42 Å². The Kier molecular flexibility index (Phi) is 4.82. The Morgan fingerprint density at radius 1 is 1.14 bits per heavy atom. The van der Waals surface area contributed by atoms with Crippen LogP contribution in [-0.2, 0) is 23.0 Å². The molecular weight excluding hydrogens is 288 g/mol. The van der Waals surface area contributed by atoms with E-state index < -0.39 is 10.0 Å². The van der Waals surface area contributed by atoms with Gasteiger partial charge in [-0.3, -0.25) is 0 Å². The number of rotatable bonds is 6. The minimum atomic E-state index is -3.61. The van der Waals surface area contributed by atoms with Crippen LogP contribution >= 0.6 is 0 Å². The Morgan fingerprint density at radius 2 is 1.81 bits per heavy atom. The van der Waals surface area contributed by atoms with Gasteiger partial charge in [-0.25, -0.2) is 13.1 Å². The van der Waals surface area contributed by atoms with Crippen molar-refractivity contribution in [1.29, 1.82) is 0 Å². The van der Waals surface area contributed by atoms with Crippen LogP contribution in [0.5, 0.6) is 0 Å². The van der Waals surface area contributed by atoms with Crippen molar-refractivity contribution in [3.63, 3.8) is 0 Å². The van der Waals surface area contributed by atoms with Gasteiger partial charge in [0.05, 0.1) is 0 Å². The van der Waals surface area contributed by atoms with Gasteiger partial charge in [-0.05, 0) is 25.8 Å². The van der Waals surface area contributed by atoms with Crippen LogP contribution < -0.4 is 10.5 Å². The first-order chi connectivity index (χ1) is 9.95. The largest absolute Gasteiger partial charge is 0.465 e. The molecule has 1 aromatic carbocycles. The van der Waals surface area contributed by atoms with Crippen molar-refractivity contribution < 1.29 is 12.8 Å². The standard InChI is InChI=1S/C15H20N2O3S/c1-11-14(10-16)15(12(2)20-11)21(18,19)17-9-8-13-6-4-3-5-7-13/h3-7,17H,8-10,16H2,1-2H3. The van der Waals surface area contributed by atoms with E-state index in [1.54, 1.807) is 13.8 Å². The molecule has 0 radical (unpaired) electrons. The van der Waals surface area contributed by atoms with Crippen molar-refractivity contribution >= 4 is 10.0 Å². The molecule has 5 nitrogen and oxygen atoms in total. The molecule has 1 heterocycles. The van der Waals surface area contributed by atoms with Crippen LogP contribution in [0.3, 0.4) is 0 Å². The highest BCUT2D eigenvalue weighted by atomic mass is 32.2. The summed E-state index contributed by atoms with van der Waals surface area (Å²) in [4.78, 5) is 0.176. The van der Waals surface area contributed by atoms with Crippen molar-refractivity contribution in [3.8, 4) is 0 Å². The summed E-state index contributed by atoms with van der Waals surface area (Å²) >= 11 is 0. The molecule has 0 aliphatic carbocycles. The quantitative estimate of drug-likeness (QED) is 0.853. The molecule has 0 amide bonds. The third kappa shape index (κ3) is 3.53. The maximum Gasteiger partial charge on any atom is 0.244 e. The lowest BCUT2D eigenvalue weighted by molar-refractivity contribution is 0.494. The monoisotopic (exact) mass is 308 g/mol. The summed E-state index contributed by atoms with van der Waals surface area (Å²) in [6.07, 6.45) is 0.633. The molecule has 21 heavy (non-hydrogen) atoms. The fourth-order valence-electron chi connectivity index (χ4n) is 2.34. The van der Waals surface area contributed by atoms with Crippen LogP contribution in [0.1, 0.15) is 22.6 Å². The molecule has 2 aromatic rings. The number of hydrogen-bond acceptors (Lipinski definition) is 4. The third-order valence-electron chi connectivity index (χ3n) is 3.35. The van der Waals surface area contributed by atoms with Gasteiger partial charge in [0.15, 0.2) is 0 Å². The van der Waals surface area contributed by atoms with Crippen LogP contribution in [0, 0.1) is 13.8 Å². The zero-order chi connectivity index (χ0) is 15.5. The Morgan fingerprint density at radius 3 is 2.43 bits per heavy atom. The van der Waals surface area contributed by atoms with E-state index in [1.807, 2.05) is 30.3 Å². The number of furan rings is 1. The molecule has 0 fully saturated rings. The normalized spacial score (nSPS) is 11.8. The van der Waals surface area contributed by atoms with E-state index >= 15 is 0 Å².